The van der Waals surface area contributed by atoms with E-state index in [0.29, 0.717) is 0 Å². The van der Waals surface area contributed by atoms with Gasteiger partial charge in [0.05, 0.1) is 11.4 Å². The van der Waals surface area contributed by atoms with Crippen molar-refractivity contribution in [2.24, 2.45) is 0 Å². The van der Waals surface area contributed by atoms with Crippen LogP contribution in [0.4, 0.5) is 0 Å². The highest BCUT2D eigenvalue weighted by Crippen LogP contribution is 2.26. The van der Waals surface area contributed by atoms with Crippen LogP contribution >= 0.6 is 0 Å². The number of benzene rings is 1. The van der Waals surface area contributed by atoms with E-state index < -0.39 is 11.9 Å². The molecule has 17 heavy (non-hydrogen) atoms. The van der Waals surface area contributed by atoms with Crippen LogP contribution in [0.2, 0.25) is 0 Å². The molecule has 1 atom stereocenters. The summed E-state index contributed by atoms with van der Waals surface area (Å²) in [6.45, 7) is 5.67. The lowest BCUT2D eigenvalue weighted by Crippen LogP contribution is -2.11. The Bertz CT molecular complexity index is 560. The summed E-state index contributed by atoms with van der Waals surface area (Å²) in [5.41, 5.74) is 2.32. The van der Waals surface area contributed by atoms with Crippen molar-refractivity contribution in [2.75, 3.05) is 0 Å². The lowest BCUT2D eigenvalue weighted by molar-refractivity contribution is -0.138. The summed E-state index contributed by atoms with van der Waals surface area (Å²) in [5, 5.41) is 17.2. The summed E-state index contributed by atoms with van der Waals surface area (Å²) in [6, 6.07) is 5.64. The predicted octanol–water partition coefficient (Wildman–Crippen LogP) is 2.20. The van der Waals surface area contributed by atoms with Crippen molar-refractivity contribution < 1.29 is 9.90 Å². The third-order valence-electron chi connectivity index (χ3n) is 2.85. The second-order valence-corrected chi connectivity index (χ2v) is 4.40. The van der Waals surface area contributed by atoms with Gasteiger partial charge in [-0.15, -0.1) is 5.10 Å². The minimum Gasteiger partial charge on any atom is -0.481 e. The molecule has 1 heterocycles. The van der Waals surface area contributed by atoms with Gasteiger partial charge in [-0.3, -0.25) is 4.79 Å². The van der Waals surface area contributed by atoms with Crippen LogP contribution < -0.4 is 0 Å². The number of carbonyl (C=O) groups is 1. The van der Waals surface area contributed by atoms with Gasteiger partial charge in [-0.05, 0) is 32.4 Å². The number of carboxylic acid groups (broad SMARTS) is 1. The third kappa shape index (κ3) is 1.88. The van der Waals surface area contributed by atoms with Gasteiger partial charge < -0.3 is 5.11 Å². The van der Waals surface area contributed by atoms with Crippen molar-refractivity contribution in [3.63, 3.8) is 0 Å². The van der Waals surface area contributed by atoms with Crippen LogP contribution in [0.3, 0.4) is 0 Å². The van der Waals surface area contributed by atoms with Crippen molar-refractivity contribution >= 4 is 17.0 Å². The summed E-state index contributed by atoms with van der Waals surface area (Å²) in [4.78, 5) is 11.1. The molecule has 0 aliphatic rings. The minimum absolute atomic E-state index is 0.155. The van der Waals surface area contributed by atoms with E-state index in [1.54, 1.807) is 11.6 Å². The number of para-hydroxylation sites is 1. The molecule has 0 saturated heterocycles. The second kappa shape index (κ2) is 4.16. The molecule has 0 radical (unpaired) electrons. The summed E-state index contributed by atoms with van der Waals surface area (Å²) in [6.07, 6.45) is 0. The van der Waals surface area contributed by atoms with Crippen molar-refractivity contribution in [1.29, 1.82) is 0 Å². The normalized spacial score (nSPS) is 13.2. The number of hydrogen-bond acceptors (Lipinski definition) is 3. The monoisotopic (exact) mass is 233 g/mol. The Hall–Kier alpha value is -1.91. The Labute approximate surface area is 99.1 Å². The fraction of sp³-hybridized carbons (Fsp3) is 0.417. The quantitative estimate of drug-likeness (QED) is 0.882. The Morgan fingerprint density at radius 2 is 2.06 bits per heavy atom. The van der Waals surface area contributed by atoms with Gasteiger partial charge in [0.2, 0.25) is 0 Å². The van der Waals surface area contributed by atoms with Crippen molar-refractivity contribution in [1.82, 2.24) is 15.0 Å². The maximum absolute atomic E-state index is 11.1. The number of aromatic nitrogens is 3. The molecule has 1 aromatic carbocycles. The lowest BCUT2D eigenvalue weighted by atomic mass is 9.99. The Morgan fingerprint density at radius 1 is 1.35 bits per heavy atom. The number of carboxylic acids is 1. The van der Waals surface area contributed by atoms with E-state index in [4.69, 9.17) is 5.11 Å². The first-order valence-corrected chi connectivity index (χ1v) is 5.59. The van der Waals surface area contributed by atoms with Gasteiger partial charge in [0.15, 0.2) is 0 Å². The Balaban J connectivity index is 2.70. The van der Waals surface area contributed by atoms with Gasteiger partial charge in [0.25, 0.3) is 0 Å². The highest BCUT2D eigenvalue weighted by atomic mass is 16.4. The lowest BCUT2D eigenvalue weighted by Gasteiger charge is -2.12. The fourth-order valence-electron chi connectivity index (χ4n) is 1.86. The van der Waals surface area contributed by atoms with Gasteiger partial charge in [-0.25, -0.2) is 4.68 Å². The molecule has 0 aliphatic heterocycles. The molecule has 5 heteroatoms. The minimum atomic E-state index is -0.839. The van der Waals surface area contributed by atoms with Crippen LogP contribution in [0.1, 0.15) is 38.3 Å². The predicted molar refractivity (Wildman–Crippen MR) is 64.0 cm³/mol. The van der Waals surface area contributed by atoms with E-state index in [2.05, 4.69) is 10.3 Å². The molecule has 0 fully saturated rings. The van der Waals surface area contributed by atoms with Crippen LogP contribution in [0, 0.1) is 0 Å². The maximum atomic E-state index is 11.1. The molecule has 1 unspecified atom stereocenters. The van der Waals surface area contributed by atoms with Crippen LogP contribution in [0.15, 0.2) is 18.2 Å². The van der Waals surface area contributed by atoms with Gasteiger partial charge in [-0.2, -0.15) is 0 Å². The molecule has 0 bridgehead atoms. The Morgan fingerprint density at radius 3 is 2.65 bits per heavy atom. The van der Waals surface area contributed by atoms with E-state index in [9.17, 15) is 4.79 Å². The average molecular weight is 233 g/mol. The molecule has 0 aliphatic carbocycles. The molecule has 0 spiro atoms. The van der Waals surface area contributed by atoms with Crippen molar-refractivity contribution in [3.8, 4) is 0 Å². The van der Waals surface area contributed by atoms with E-state index in [-0.39, 0.29) is 6.04 Å². The first kappa shape index (κ1) is 11.6. The average Bonchev–Trinajstić information content (AvgIpc) is 2.71. The number of hydrogen-bond donors (Lipinski definition) is 1. The molecule has 2 rings (SSSR count). The van der Waals surface area contributed by atoms with Crippen LogP contribution in [0.25, 0.3) is 11.0 Å². The van der Waals surface area contributed by atoms with Gasteiger partial charge in [0.1, 0.15) is 5.52 Å². The molecule has 5 nitrogen and oxygen atoms in total. The molecular weight excluding hydrogens is 218 g/mol. The second-order valence-electron chi connectivity index (χ2n) is 4.40. The zero-order chi connectivity index (χ0) is 12.6. The standard InChI is InChI=1S/C12H15N3O2/c1-7(2)15-11-9(8(3)12(16)17)5-4-6-10(11)13-14-15/h4-8H,1-3H3,(H,16,17). The van der Waals surface area contributed by atoms with Crippen molar-refractivity contribution in [3.05, 3.63) is 23.8 Å². The summed E-state index contributed by atoms with van der Waals surface area (Å²) >= 11 is 0. The third-order valence-corrected chi connectivity index (χ3v) is 2.85. The van der Waals surface area contributed by atoms with Gasteiger partial charge in [0, 0.05) is 6.04 Å². The first-order valence-electron chi connectivity index (χ1n) is 5.59. The molecule has 0 saturated carbocycles. The van der Waals surface area contributed by atoms with Gasteiger partial charge >= 0.3 is 5.97 Å². The van der Waals surface area contributed by atoms with E-state index in [1.807, 2.05) is 32.0 Å². The molecule has 90 valence electrons. The molecule has 1 N–H and O–H groups in total. The number of rotatable bonds is 3. The highest BCUT2D eigenvalue weighted by Gasteiger charge is 2.20. The van der Waals surface area contributed by atoms with Gasteiger partial charge in [-0.1, -0.05) is 17.3 Å². The number of fused-ring (bicyclic) bond motifs is 1. The molecular formula is C12H15N3O2. The Kier molecular flexibility index (Phi) is 2.83. The maximum Gasteiger partial charge on any atom is 0.310 e. The summed E-state index contributed by atoms with van der Waals surface area (Å²) in [7, 11) is 0. The molecule has 1 aromatic heterocycles. The summed E-state index contributed by atoms with van der Waals surface area (Å²) in [5.74, 6) is -1.40. The van der Waals surface area contributed by atoms with Crippen LogP contribution in [0.5, 0.6) is 0 Å². The zero-order valence-corrected chi connectivity index (χ0v) is 10.1. The number of aliphatic carboxylic acids is 1. The molecule has 0 amide bonds. The summed E-state index contributed by atoms with van der Waals surface area (Å²) < 4.78 is 1.77. The van der Waals surface area contributed by atoms with E-state index in [0.717, 1.165) is 16.6 Å². The van der Waals surface area contributed by atoms with Crippen LogP contribution in [-0.2, 0) is 4.79 Å². The zero-order valence-electron chi connectivity index (χ0n) is 10.1. The smallest absolute Gasteiger partial charge is 0.310 e. The van der Waals surface area contributed by atoms with Crippen molar-refractivity contribution in [2.45, 2.75) is 32.7 Å². The molecule has 2 aromatic rings. The first-order chi connectivity index (χ1) is 8.02. The number of nitrogens with zero attached hydrogens (tertiary/aromatic N) is 3. The largest absolute Gasteiger partial charge is 0.481 e. The van der Waals surface area contributed by atoms with Crippen LogP contribution in [-0.4, -0.2) is 26.1 Å². The highest BCUT2D eigenvalue weighted by molar-refractivity contribution is 5.86. The van der Waals surface area contributed by atoms with E-state index >= 15 is 0 Å². The topological polar surface area (TPSA) is 68.0 Å². The van der Waals surface area contributed by atoms with E-state index in [1.165, 1.54) is 0 Å². The fourth-order valence-corrected chi connectivity index (χ4v) is 1.86. The SMILES string of the molecule is CC(C(=O)O)c1cccc2nnn(C(C)C)c12.